The van der Waals surface area contributed by atoms with Gasteiger partial charge in [-0.15, -0.1) is 0 Å². The number of rotatable bonds is 3. The van der Waals surface area contributed by atoms with Crippen molar-refractivity contribution in [2.75, 3.05) is 13.1 Å². The highest BCUT2D eigenvalue weighted by molar-refractivity contribution is 6.30. The molecule has 0 bridgehead atoms. The van der Waals surface area contributed by atoms with Gasteiger partial charge in [0.2, 0.25) is 0 Å². The molecule has 3 heteroatoms. The monoisotopic (exact) mass is 224 g/mol. The summed E-state index contributed by atoms with van der Waals surface area (Å²) in [6.07, 6.45) is 1.07. The van der Waals surface area contributed by atoms with Crippen LogP contribution in [-0.4, -0.2) is 30.1 Å². The topological polar surface area (TPSA) is 29.3 Å². The Labute approximate surface area is 96.0 Å². The van der Waals surface area contributed by atoms with Gasteiger partial charge in [-0.05, 0) is 31.0 Å². The highest BCUT2D eigenvalue weighted by Gasteiger charge is 2.26. The predicted octanol–water partition coefficient (Wildman–Crippen LogP) is 1.91. The molecular weight excluding hydrogens is 208 g/mol. The first-order chi connectivity index (χ1) is 7.15. The first-order valence-corrected chi connectivity index (χ1v) is 5.77. The van der Waals surface area contributed by atoms with Crippen molar-refractivity contribution >= 4 is 11.6 Å². The predicted molar refractivity (Wildman–Crippen MR) is 64.2 cm³/mol. The van der Waals surface area contributed by atoms with E-state index < -0.39 is 0 Å². The van der Waals surface area contributed by atoms with Gasteiger partial charge >= 0.3 is 0 Å². The minimum atomic E-state index is 0.387. The van der Waals surface area contributed by atoms with Crippen LogP contribution in [-0.2, 0) is 6.42 Å². The number of hydrogen-bond acceptors (Lipinski definition) is 2. The number of likely N-dealkylation sites (tertiary alicyclic amines) is 1. The van der Waals surface area contributed by atoms with Crippen LogP contribution in [0.5, 0.6) is 0 Å². The molecule has 15 heavy (non-hydrogen) atoms. The van der Waals surface area contributed by atoms with Crippen LogP contribution in [0.2, 0.25) is 5.02 Å². The van der Waals surface area contributed by atoms with Gasteiger partial charge in [-0.3, -0.25) is 4.90 Å². The van der Waals surface area contributed by atoms with Gasteiger partial charge < -0.3 is 5.73 Å². The minimum absolute atomic E-state index is 0.387. The van der Waals surface area contributed by atoms with E-state index in [4.69, 9.17) is 17.3 Å². The van der Waals surface area contributed by atoms with Gasteiger partial charge in [0.1, 0.15) is 0 Å². The summed E-state index contributed by atoms with van der Waals surface area (Å²) in [5.41, 5.74) is 7.10. The van der Waals surface area contributed by atoms with Crippen molar-refractivity contribution in [1.29, 1.82) is 0 Å². The molecule has 0 amide bonds. The van der Waals surface area contributed by atoms with Gasteiger partial charge in [-0.2, -0.15) is 0 Å². The van der Waals surface area contributed by atoms with E-state index in [0.29, 0.717) is 12.1 Å². The van der Waals surface area contributed by atoms with Crippen LogP contribution < -0.4 is 5.73 Å². The Morgan fingerprint density at radius 3 is 2.53 bits per heavy atom. The van der Waals surface area contributed by atoms with Crippen LogP contribution in [0.3, 0.4) is 0 Å². The van der Waals surface area contributed by atoms with Crippen LogP contribution >= 0.6 is 11.6 Å². The fourth-order valence-corrected chi connectivity index (χ4v) is 2.13. The summed E-state index contributed by atoms with van der Waals surface area (Å²) in [5, 5.41) is 0.803. The van der Waals surface area contributed by atoms with Crippen LogP contribution in [0.25, 0.3) is 0 Å². The molecule has 1 saturated heterocycles. The number of halogens is 1. The molecule has 2 N–H and O–H groups in total. The van der Waals surface area contributed by atoms with Crippen LogP contribution in [0.4, 0.5) is 0 Å². The third-order valence-corrected chi connectivity index (χ3v) is 3.26. The maximum atomic E-state index is 5.84. The molecule has 0 radical (unpaired) electrons. The lowest BCUT2D eigenvalue weighted by Gasteiger charge is -2.41. The van der Waals surface area contributed by atoms with E-state index in [1.165, 1.54) is 5.56 Å². The molecule has 1 unspecified atom stereocenters. The molecular formula is C12H17ClN2. The number of benzene rings is 1. The Morgan fingerprint density at radius 2 is 2.00 bits per heavy atom. The lowest BCUT2D eigenvalue weighted by atomic mass is 10.0. The molecule has 0 aromatic heterocycles. The third kappa shape index (κ3) is 2.71. The van der Waals surface area contributed by atoms with Crippen molar-refractivity contribution in [3.63, 3.8) is 0 Å². The zero-order valence-electron chi connectivity index (χ0n) is 8.99. The van der Waals surface area contributed by atoms with Gasteiger partial charge in [0.25, 0.3) is 0 Å². The van der Waals surface area contributed by atoms with Gasteiger partial charge in [0, 0.05) is 30.2 Å². The van der Waals surface area contributed by atoms with Crippen molar-refractivity contribution in [1.82, 2.24) is 4.90 Å². The number of nitrogens with two attached hydrogens (primary N) is 1. The summed E-state index contributed by atoms with van der Waals surface area (Å²) in [7, 11) is 0. The standard InChI is InChI=1S/C12H17ClN2/c1-9(15-7-12(14)8-15)6-10-2-4-11(13)5-3-10/h2-5,9,12H,6-8,14H2,1H3. The maximum absolute atomic E-state index is 5.84. The van der Waals surface area contributed by atoms with Gasteiger partial charge in [0.05, 0.1) is 0 Å². The zero-order valence-corrected chi connectivity index (χ0v) is 9.74. The van der Waals surface area contributed by atoms with Crippen LogP contribution in [0.1, 0.15) is 12.5 Å². The SMILES string of the molecule is CC(Cc1ccc(Cl)cc1)N1CC(N)C1. The van der Waals surface area contributed by atoms with Crippen molar-refractivity contribution in [3.05, 3.63) is 34.9 Å². The van der Waals surface area contributed by atoms with Crippen LogP contribution in [0, 0.1) is 0 Å². The average Bonchev–Trinajstić information content (AvgIpc) is 2.17. The lowest BCUT2D eigenvalue weighted by Crippen LogP contribution is -2.59. The second-order valence-corrected chi connectivity index (χ2v) is 4.83. The van der Waals surface area contributed by atoms with Crippen molar-refractivity contribution in [2.24, 2.45) is 5.73 Å². The molecule has 1 atom stereocenters. The van der Waals surface area contributed by atoms with Gasteiger partial charge in [0.15, 0.2) is 0 Å². The molecule has 1 aromatic carbocycles. The summed E-state index contributed by atoms with van der Waals surface area (Å²) < 4.78 is 0. The molecule has 0 spiro atoms. The molecule has 0 aliphatic carbocycles. The number of nitrogens with zero attached hydrogens (tertiary/aromatic N) is 1. The molecule has 2 rings (SSSR count). The summed E-state index contributed by atoms with van der Waals surface area (Å²) in [5.74, 6) is 0. The van der Waals surface area contributed by atoms with E-state index in [0.717, 1.165) is 24.5 Å². The largest absolute Gasteiger partial charge is 0.325 e. The van der Waals surface area contributed by atoms with E-state index in [-0.39, 0.29) is 0 Å². The highest BCUT2D eigenvalue weighted by Crippen LogP contribution is 2.16. The first kappa shape index (κ1) is 10.9. The second kappa shape index (κ2) is 4.52. The Kier molecular flexibility index (Phi) is 3.29. The lowest BCUT2D eigenvalue weighted by molar-refractivity contribution is 0.103. The van der Waals surface area contributed by atoms with Crippen molar-refractivity contribution in [3.8, 4) is 0 Å². The molecule has 2 nitrogen and oxygen atoms in total. The van der Waals surface area contributed by atoms with Gasteiger partial charge in [-0.25, -0.2) is 0 Å². The van der Waals surface area contributed by atoms with E-state index in [9.17, 15) is 0 Å². The second-order valence-electron chi connectivity index (χ2n) is 4.39. The Morgan fingerprint density at radius 1 is 1.40 bits per heavy atom. The Balaban J connectivity index is 1.88. The molecule has 1 aliphatic rings. The smallest absolute Gasteiger partial charge is 0.0406 e. The fourth-order valence-electron chi connectivity index (χ4n) is 2.00. The van der Waals surface area contributed by atoms with Gasteiger partial charge in [-0.1, -0.05) is 23.7 Å². The van der Waals surface area contributed by atoms with E-state index in [1.54, 1.807) is 0 Å². The third-order valence-electron chi connectivity index (χ3n) is 3.01. The maximum Gasteiger partial charge on any atom is 0.0406 e. The molecule has 1 fully saturated rings. The highest BCUT2D eigenvalue weighted by atomic mass is 35.5. The van der Waals surface area contributed by atoms with E-state index in [2.05, 4.69) is 24.0 Å². The van der Waals surface area contributed by atoms with E-state index >= 15 is 0 Å². The molecule has 1 aliphatic heterocycles. The zero-order chi connectivity index (χ0) is 10.8. The van der Waals surface area contributed by atoms with Crippen molar-refractivity contribution < 1.29 is 0 Å². The average molecular weight is 225 g/mol. The molecule has 1 aromatic rings. The summed E-state index contributed by atoms with van der Waals surface area (Å²) >= 11 is 5.84. The molecule has 1 heterocycles. The van der Waals surface area contributed by atoms with E-state index in [1.807, 2.05) is 12.1 Å². The quantitative estimate of drug-likeness (QED) is 0.850. The summed E-state index contributed by atoms with van der Waals surface area (Å²) in [4.78, 5) is 2.42. The molecule has 82 valence electrons. The minimum Gasteiger partial charge on any atom is -0.325 e. The summed E-state index contributed by atoms with van der Waals surface area (Å²) in [6, 6.07) is 9.05. The van der Waals surface area contributed by atoms with Crippen LogP contribution in [0.15, 0.2) is 24.3 Å². The normalized spacial score (nSPS) is 19.9. The Bertz CT molecular complexity index is 317. The Hall–Kier alpha value is -0.570. The van der Waals surface area contributed by atoms with Crippen molar-refractivity contribution in [2.45, 2.75) is 25.4 Å². The fraction of sp³-hybridized carbons (Fsp3) is 0.500. The first-order valence-electron chi connectivity index (χ1n) is 5.39. The number of hydrogen-bond donors (Lipinski definition) is 1. The molecule has 0 saturated carbocycles. The summed E-state index contributed by atoms with van der Waals surface area (Å²) in [6.45, 7) is 4.32.